The van der Waals surface area contributed by atoms with Crippen molar-refractivity contribution >= 4 is 12.4 Å². The molecule has 2 aromatic carbocycles. The first-order valence-corrected chi connectivity index (χ1v) is 8.34. The van der Waals surface area contributed by atoms with Gasteiger partial charge in [0, 0.05) is 6.04 Å². The lowest BCUT2D eigenvalue weighted by atomic mass is 10.0. The molecule has 0 radical (unpaired) electrons. The Labute approximate surface area is 151 Å². The van der Waals surface area contributed by atoms with Gasteiger partial charge >= 0.3 is 0 Å². The van der Waals surface area contributed by atoms with Crippen LogP contribution in [0.1, 0.15) is 49.8 Å². The molecule has 0 saturated heterocycles. The van der Waals surface area contributed by atoms with E-state index >= 15 is 0 Å². The van der Waals surface area contributed by atoms with Crippen molar-refractivity contribution in [1.82, 2.24) is 0 Å². The number of unbranched alkanes of at least 4 members (excludes halogenated alkanes) is 2. The van der Waals surface area contributed by atoms with Gasteiger partial charge in [-0.15, -0.1) is 12.4 Å². The lowest BCUT2D eigenvalue weighted by Crippen LogP contribution is -2.10. The highest BCUT2D eigenvalue weighted by atomic mass is 35.5. The molecule has 1 atom stereocenters. The fourth-order valence-corrected chi connectivity index (χ4v) is 2.55. The Morgan fingerprint density at radius 2 is 1.75 bits per heavy atom. The Balaban J connectivity index is 0.00000288. The Hall–Kier alpha value is -1.71. The van der Waals surface area contributed by atoms with Crippen LogP contribution in [0.15, 0.2) is 48.5 Å². The van der Waals surface area contributed by atoms with Crippen molar-refractivity contribution < 1.29 is 9.47 Å². The minimum absolute atomic E-state index is 0. The van der Waals surface area contributed by atoms with Crippen molar-refractivity contribution in [3.8, 4) is 11.5 Å². The molecule has 0 aliphatic carbocycles. The van der Waals surface area contributed by atoms with E-state index in [1.807, 2.05) is 48.5 Å². The maximum absolute atomic E-state index is 6.31. The van der Waals surface area contributed by atoms with Gasteiger partial charge in [0.2, 0.25) is 0 Å². The first-order chi connectivity index (χ1) is 11.2. The fourth-order valence-electron chi connectivity index (χ4n) is 2.55. The normalized spacial score (nSPS) is 11.5. The van der Waals surface area contributed by atoms with Crippen LogP contribution in [0, 0.1) is 0 Å². The number of halogens is 1. The van der Waals surface area contributed by atoms with Crippen molar-refractivity contribution in [2.24, 2.45) is 5.73 Å². The zero-order chi connectivity index (χ0) is 16.5. The molecule has 24 heavy (non-hydrogen) atoms. The van der Waals surface area contributed by atoms with Crippen molar-refractivity contribution in [2.45, 2.75) is 45.3 Å². The highest BCUT2D eigenvalue weighted by Crippen LogP contribution is 2.31. The van der Waals surface area contributed by atoms with E-state index in [2.05, 4.69) is 6.92 Å². The van der Waals surface area contributed by atoms with E-state index in [9.17, 15) is 0 Å². The van der Waals surface area contributed by atoms with Crippen LogP contribution in [-0.2, 0) is 6.61 Å². The second-order valence-corrected chi connectivity index (χ2v) is 5.79. The predicted molar refractivity (Wildman–Crippen MR) is 102 cm³/mol. The molecule has 0 fully saturated rings. The van der Waals surface area contributed by atoms with Crippen LogP contribution in [0.4, 0.5) is 0 Å². The third-order valence-corrected chi connectivity index (χ3v) is 3.97. The van der Waals surface area contributed by atoms with Gasteiger partial charge < -0.3 is 15.2 Å². The minimum atomic E-state index is 0. The Morgan fingerprint density at radius 1 is 1.00 bits per heavy atom. The first-order valence-electron chi connectivity index (χ1n) is 8.34. The SMILES string of the molecule is CCCCC[C@H](N)c1ccc(OC)c(OCc2ccccc2)c1.Cl. The number of rotatable bonds is 9. The van der Waals surface area contributed by atoms with Gasteiger partial charge in [-0.05, 0) is 29.7 Å². The number of ether oxygens (including phenoxy) is 2. The van der Waals surface area contributed by atoms with Gasteiger partial charge in [-0.3, -0.25) is 0 Å². The molecule has 0 unspecified atom stereocenters. The van der Waals surface area contributed by atoms with Crippen LogP contribution in [-0.4, -0.2) is 7.11 Å². The Kier molecular flexibility index (Phi) is 9.28. The zero-order valence-corrected chi connectivity index (χ0v) is 15.4. The zero-order valence-electron chi connectivity index (χ0n) is 14.5. The third kappa shape index (κ3) is 6.06. The van der Waals surface area contributed by atoms with Gasteiger partial charge in [-0.25, -0.2) is 0 Å². The second kappa shape index (κ2) is 11.0. The van der Waals surface area contributed by atoms with Crippen LogP contribution in [0.2, 0.25) is 0 Å². The molecule has 132 valence electrons. The maximum atomic E-state index is 6.31. The Morgan fingerprint density at radius 3 is 2.42 bits per heavy atom. The smallest absolute Gasteiger partial charge is 0.161 e. The number of benzene rings is 2. The fraction of sp³-hybridized carbons (Fsp3) is 0.400. The van der Waals surface area contributed by atoms with Crippen molar-refractivity contribution in [2.75, 3.05) is 7.11 Å². The van der Waals surface area contributed by atoms with E-state index in [0.29, 0.717) is 6.61 Å². The van der Waals surface area contributed by atoms with Crippen LogP contribution in [0.3, 0.4) is 0 Å². The van der Waals surface area contributed by atoms with Gasteiger partial charge in [0.25, 0.3) is 0 Å². The van der Waals surface area contributed by atoms with E-state index in [0.717, 1.165) is 35.5 Å². The largest absolute Gasteiger partial charge is 0.493 e. The minimum Gasteiger partial charge on any atom is -0.493 e. The molecule has 0 aromatic heterocycles. The van der Waals surface area contributed by atoms with Crippen LogP contribution in [0.5, 0.6) is 11.5 Å². The van der Waals surface area contributed by atoms with Crippen molar-refractivity contribution in [3.05, 3.63) is 59.7 Å². The lowest BCUT2D eigenvalue weighted by Gasteiger charge is -2.16. The molecule has 2 aromatic rings. The molecule has 2 N–H and O–H groups in total. The molecular weight excluding hydrogens is 322 g/mol. The summed E-state index contributed by atoms with van der Waals surface area (Å²) in [4.78, 5) is 0. The monoisotopic (exact) mass is 349 g/mol. The summed E-state index contributed by atoms with van der Waals surface area (Å²) in [5, 5.41) is 0. The summed E-state index contributed by atoms with van der Waals surface area (Å²) in [6.07, 6.45) is 4.59. The molecule has 0 aliphatic rings. The molecule has 0 heterocycles. The van der Waals surface area contributed by atoms with Crippen LogP contribution < -0.4 is 15.2 Å². The quantitative estimate of drug-likeness (QED) is 0.626. The van der Waals surface area contributed by atoms with Gasteiger partial charge in [0.15, 0.2) is 11.5 Å². The number of hydrogen-bond acceptors (Lipinski definition) is 3. The van der Waals surface area contributed by atoms with Crippen molar-refractivity contribution in [3.63, 3.8) is 0 Å². The van der Waals surface area contributed by atoms with E-state index in [1.54, 1.807) is 7.11 Å². The molecule has 0 bridgehead atoms. The molecule has 0 amide bonds. The highest BCUT2D eigenvalue weighted by Gasteiger charge is 2.11. The van der Waals surface area contributed by atoms with E-state index in [-0.39, 0.29) is 18.4 Å². The summed E-state index contributed by atoms with van der Waals surface area (Å²) in [7, 11) is 1.66. The summed E-state index contributed by atoms with van der Waals surface area (Å²) < 4.78 is 11.4. The van der Waals surface area contributed by atoms with E-state index in [4.69, 9.17) is 15.2 Å². The molecule has 0 spiro atoms. The summed E-state index contributed by atoms with van der Waals surface area (Å²) in [5.74, 6) is 1.49. The summed E-state index contributed by atoms with van der Waals surface area (Å²) in [5.41, 5.74) is 8.54. The highest BCUT2D eigenvalue weighted by molar-refractivity contribution is 5.85. The number of hydrogen-bond donors (Lipinski definition) is 1. The maximum Gasteiger partial charge on any atom is 0.161 e. The summed E-state index contributed by atoms with van der Waals surface area (Å²) >= 11 is 0. The first kappa shape index (κ1) is 20.3. The average molecular weight is 350 g/mol. The Bertz CT molecular complexity index is 589. The van der Waals surface area contributed by atoms with Crippen LogP contribution >= 0.6 is 12.4 Å². The standard InChI is InChI=1S/C20H27NO2.ClH/c1-3-4-6-11-18(21)17-12-13-19(22-2)20(14-17)23-15-16-9-7-5-8-10-16;/h5,7-10,12-14,18H,3-4,6,11,15,21H2,1-2H3;1H/t18-;/m0./s1. The third-order valence-electron chi connectivity index (χ3n) is 3.97. The molecule has 0 saturated carbocycles. The topological polar surface area (TPSA) is 44.5 Å². The summed E-state index contributed by atoms with van der Waals surface area (Å²) in [6.45, 7) is 2.72. The van der Waals surface area contributed by atoms with Gasteiger partial charge in [0.1, 0.15) is 6.61 Å². The second-order valence-electron chi connectivity index (χ2n) is 5.79. The number of nitrogens with two attached hydrogens (primary N) is 1. The van der Waals surface area contributed by atoms with Crippen LogP contribution in [0.25, 0.3) is 0 Å². The lowest BCUT2D eigenvalue weighted by molar-refractivity contribution is 0.284. The molecule has 0 aliphatic heterocycles. The van der Waals surface area contributed by atoms with E-state index in [1.165, 1.54) is 12.8 Å². The van der Waals surface area contributed by atoms with Crippen molar-refractivity contribution in [1.29, 1.82) is 0 Å². The van der Waals surface area contributed by atoms with Gasteiger partial charge in [-0.1, -0.05) is 62.6 Å². The molecule has 2 rings (SSSR count). The molecular formula is C20H28ClNO2. The molecule has 3 nitrogen and oxygen atoms in total. The van der Waals surface area contributed by atoms with Gasteiger partial charge in [0.05, 0.1) is 7.11 Å². The average Bonchev–Trinajstić information content (AvgIpc) is 2.60. The summed E-state index contributed by atoms with van der Waals surface area (Å²) in [6, 6.07) is 16.1. The predicted octanol–water partition coefficient (Wildman–Crippen LogP) is 5.28. The number of methoxy groups -OCH3 is 1. The van der Waals surface area contributed by atoms with Gasteiger partial charge in [-0.2, -0.15) is 0 Å². The van der Waals surface area contributed by atoms with E-state index < -0.39 is 0 Å². The molecule has 4 heteroatoms.